The lowest BCUT2D eigenvalue weighted by molar-refractivity contribution is 0.192. The molecule has 0 fully saturated rings. The molecule has 0 heterocycles. The zero-order valence-corrected chi connectivity index (χ0v) is 10.9. The molecule has 0 aromatic heterocycles. The maximum atomic E-state index is 9.18. The number of thioether (sulfide) groups is 1. The summed E-state index contributed by atoms with van der Waals surface area (Å²) in [6, 6.07) is 8.58. The van der Waals surface area contributed by atoms with Crippen LogP contribution >= 0.6 is 11.8 Å². The van der Waals surface area contributed by atoms with E-state index < -0.39 is 0 Å². The molecule has 90 valence electrons. The van der Waals surface area contributed by atoms with E-state index in [0.29, 0.717) is 0 Å². The van der Waals surface area contributed by atoms with Gasteiger partial charge in [-0.1, -0.05) is 19.1 Å². The van der Waals surface area contributed by atoms with Crippen LogP contribution in [0.3, 0.4) is 0 Å². The van der Waals surface area contributed by atoms with Crippen molar-refractivity contribution in [1.82, 2.24) is 5.32 Å². The Morgan fingerprint density at radius 1 is 1.44 bits per heavy atom. The van der Waals surface area contributed by atoms with Crippen molar-refractivity contribution < 1.29 is 5.11 Å². The Morgan fingerprint density at radius 3 is 2.94 bits per heavy atom. The maximum Gasteiger partial charge on any atom is 0.0520 e. The summed E-state index contributed by atoms with van der Waals surface area (Å²) in [4.78, 5) is 1.29. The number of nitrogens with one attached hydrogen (secondary N) is 1. The summed E-state index contributed by atoms with van der Waals surface area (Å²) in [7, 11) is 0. The third kappa shape index (κ3) is 5.54. The van der Waals surface area contributed by atoms with Crippen LogP contribution in [0.1, 0.15) is 25.8 Å². The standard InChI is InChI=1S/C13H21NOS/c1-3-14-10-12-5-4-6-13(9-12)16-8-7-11(2)15/h4-6,9,11,14-15H,3,7-8,10H2,1-2H3. The van der Waals surface area contributed by atoms with Crippen molar-refractivity contribution in [3.05, 3.63) is 29.8 Å². The number of aliphatic hydroxyl groups is 1. The van der Waals surface area contributed by atoms with Gasteiger partial charge in [-0.2, -0.15) is 0 Å². The summed E-state index contributed by atoms with van der Waals surface area (Å²) in [5.74, 6) is 0.975. The molecule has 2 nitrogen and oxygen atoms in total. The second-order valence-electron chi connectivity index (χ2n) is 3.91. The normalized spacial score (nSPS) is 12.7. The maximum absolute atomic E-state index is 9.18. The molecular weight excluding hydrogens is 218 g/mol. The van der Waals surface area contributed by atoms with E-state index in [-0.39, 0.29) is 6.10 Å². The van der Waals surface area contributed by atoms with Gasteiger partial charge in [0, 0.05) is 17.2 Å². The molecule has 0 spiro atoms. The molecule has 1 unspecified atom stereocenters. The lowest BCUT2D eigenvalue weighted by Crippen LogP contribution is -2.11. The van der Waals surface area contributed by atoms with Gasteiger partial charge in [0.2, 0.25) is 0 Å². The summed E-state index contributed by atoms with van der Waals surface area (Å²) in [5.41, 5.74) is 1.32. The third-order valence-electron chi connectivity index (χ3n) is 2.28. The molecule has 0 bridgehead atoms. The molecule has 0 aliphatic rings. The van der Waals surface area contributed by atoms with Crippen LogP contribution in [0.15, 0.2) is 29.2 Å². The number of hydrogen-bond donors (Lipinski definition) is 2. The summed E-state index contributed by atoms with van der Waals surface area (Å²) in [6.07, 6.45) is 0.652. The zero-order valence-electron chi connectivity index (χ0n) is 10.1. The fourth-order valence-electron chi connectivity index (χ4n) is 1.36. The van der Waals surface area contributed by atoms with E-state index in [2.05, 4.69) is 36.5 Å². The first-order valence-electron chi connectivity index (χ1n) is 5.83. The summed E-state index contributed by atoms with van der Waals surface area (Å²) < 4.78 is 0. The Morgan fingerprint density at radius 2 is 2.25 bits per heavy atom. The number of aliphatic hydroxyl groups excluding tert-OH is 1. The molecule has 0 saturated carbocycles. The van der Waals surface area contributed by atoms with E-state index in [1.54, 1.807) is 0 Å². The first-order valence-corrected chi connectivity index (χ1v) is 6.81. The van der Waals surface area contributed by atoms with Crippen LogP contribution in [0.2, 0.25) is 0 Å². The van der Waals surface area contributed by atoms with Crippen molar-refractivity contribution in [1.29, 1.82) is 0 Å². The molecule has 0 aliphatic heterocycles. The van der Waals surface area contributed by atoms with Crippen molar-refractivity contribution in [2.75, 3.05) is 12.3 Å². The van der Waals surface area contributed by atoms with Gasteiger partial charge < -0.3 is 10.4 Å². The minimum atomic E-state index is -0.197. The lowest BCUT2D eigenvalue weighted by Gasteiger charge is -2.06. The number of benzene rings is 1. The Balaban J connectivity index is 2.40. The van der Waals surface area contributed by atoms with Crippen LogP contribution in [0, 0.1) is 0 Å². The van der Waals surface area contributed by atoms with Crippen LogP contribution in [-0.2, 0) is 6.54 Å². The molecular formula is C13H21NOS. The molecule has 1 atom stereocenters. The van der Waals surface area contributed by atoms with Crippen LogP contribution in [-0.4, -0.2) is 23.5 Å². The van der Waals surface area contributed by atoms with E-state index in [1.165, 1.54) is 10.5 Å². The number of hydrogen-bond acceptors (Lipinski definition) is 3. The predicted molar refractivity (Wildman–Crippen MR) is 70.8 cm³/mol. The molecule has 16 heavy (non-hydrogen) atoms. The van der Waals surface area contributed by atoms with Gasteiger partial charge in [-0.25, -0.2) is 0 Å². The molecule has 0 amide bonds. The fraction of sp³-hybridized carbons (Fsp3) is 0.538. The van der Waals surface area contributed by atoms with Crippen molar-refractivity contribution in [2.45, 2.75) is 37.8 Å². The predicted octanol–water partition coefficient (Wildman–Crippen LogP) is 2.66. The van der Waals surface area contributed by atoms with Gasteiger partial charge in [0.15, 0.2) is 0 Å². The highest BCUT2D eigenvalue weighted by atomic mass is 32.2. The van der Waals surface area contributed by atoms with Crippen LogP contribution in [0.25, 0.3) is 0 Å². The van der Waals surface area contributed by atoms with Crippen LogP contribution < -0.4 is 5.32 Å². The van der Waals surface area contributed by atoms with E-state index in [4.69, 9.17) is 0 Å². The van der Waals surface area contributed by atoms with Crippen molar-refractivity contribution in [3.63, 3.8) is 0 Å². The van der Waals surface area contributed by atoms with Crippen LogP contribution in [0.4, 0.5) is 0 Å². The van der Waals surface area contributed by atoms with Gasteiger partial charge in [0.1, 0.15) is 0 Å². The molecule has 1 rings (SSSR count). The molecule has 3 heteroatoms. The van der Waals surface area contributed by atoms with Crippen molar-refractivity contribution in [3.8, 4) is 0 Å². The molecule has 0 saturated heterocycles. The SMILES string of the molecule is CCNCc1cccc(SCCC(C)O)c1. The molecule has 1 aromatic rings. The average Bonchev–Trinajstić information content (AvgIpc) is 2.26. The minimum Gasteiger partial charge on any atom is -0.393 e. The summed E-state index contributed by atoms with van der Waals surface area (Å²) in [5, 5.41) is 12.5. The quantitative estimate of drug-likeness (QED) is 0.718. The average molecular weight is 239 g/mol. The molecule has 0 aliphatic carbocycles. The Labute approximate surface area is 102 Å². The highest BCUT2D eigenvalue weighted by molar-refractivity contribution is 7.99. The van der Waals surface area contributed by atoms with Crippen molar-refractivity contribution >= 4 is 11.8 Å². The first-order chi connectivity index (χ1) is 7.72. The van der Waals surface area contributed by atoms with Gasteiger partial charge in [-0.3, -0.25) is 0 Å². The Hall–Kier alpha value is -0.510. The highest BCUT2D eigenvalue weighted by Crippen LogP contribution is 2.20. The second-order valence-corrected chi connectivity index (χ2v) is 5.08. The largest absolute Gasteiger partial charge is 0.393 e. The highest BCUT2D eigenvalue weighted by Gasteiger charge is 1.99. The molecule has 1 aromatic carbocycles. The smallest absolute Gasteiger partial charge is 0.0520 e. The zero-order chi connectivity index (χ0) is 11.8. The van der Waals surface area contributed by atoms with E-state index in [0.717, 1.165) is 25.3 Å². The first kappa shape index (κ1) is 13.6. The lowest BCUT2D eigenvalue weighted by atomic mass is 10.2. The Bertz CT molecular complexity index is 302. The van der Waals surface area contributed by atoms with Gasteiger partial charge in [-0.15, -0.1) is 11.8 Å². The monoisotopic (exact) mass is 239 g/mol. The second kappa shape index (κ2) is 7.71. The summed E-state index contributed by atoms with van der Waals surface area (Å²) in [6.45, 7) is 5.88. The van der Waals surface area contributed by atoms with Gasteiger partial charge in [-0.05, 0) is 37.6 Å². The van der Waals surface area contributed by atoms with Crippen molar-refractivity contribution in [2.24, 2.45) is 0 Å². The Kier molecular flexibility index (Phi) is 6.53. The van der Waals surface area contributed by atoms with E-state index >= 15 is 0 Å². The van der Waals surface area contributed by atoms with Crippen LogP contribution in [0.5, 0.6) is 0 Å². The third-order valence-corrected chi connectivity index (χ3v) is 3.31. The molecule has 2 N–H and O–H groups in total. The van der Waals surface area contributed by atoms with Gasteiger partial charge in [0.25, 0.3) is 0 Å². The van der Waals surface area contributed by atoms with Gasteiger partial charge in [0.05, 0.1) is 6.10 Å². The molecule has 0 radical (unpaired) electrons. The van der Waals surface area contributed by atoms with E-state index in [9.17, 15) is 5.11 Å². The fourth-order valence-corrected chi connectivity index (χ4v) is 2.47. The minimum absolute atomic E-state index is 0.197. The van der Waals surface area contributed by atoms with Gasteiger partial charge >= 0.3 is 0 Å². The topological polar surface area (TPSA) is 32.3 Å². The number of rotatable bonds is 7. The van der Waals surface area contributed by atoms with E-state index in [1.807, 2.05) is 18.7 Å². The summed E-state index contributed by atoms with van der Waals surface area (Å²) >= 11 is 1.81.